The number of nitrogen functional groups attached to an aromatic ring is 1. The monoisotopic (exact) mass is 434 g/mol. The summed E-state index contributed by atoms with van der Waals surface area (Å²) in [5, 5.41) is 1.38. The van der Waals surface area contributed by atoms with Crippen LogP contribution in [0.5, 0.6) is 0 Å². The van der Waals surface area contributed by atoms with E-state index in [1.165, 1.54) is 38.2 Å². The summed E-state index contributed by atoms with van der Waals surface area (Å²) in [5.74, 6) is -1.45. The number of hydrogen-bond donors (Lipinski definition) is 1. The molecule has 0 radical (unpaired) electrons. The van der Waals surface area contributed by atoms with Gasteiger partial charge in [0.25, 0.3) is 11.8 Å². The number of imide groups is 3. The molecule has 0 saturated heterocycles. The van der Waals surface area contributed by atoms with E-state index in [0.717, 1.165) is 10.9 Å². The third-order valence-corrected chi connectivity index (χ3v) is 7.46. The molecule has 1 aromatic heterocycles. The van der Waals surface area contributed by atoms with Crippen LogP contribution in [-0.4, -0.2) is 27.9 Å². The molecular formula is C24H22N2O4S. The van der Waals surface area contributed by atoms with Crippen molar-refractivity contribution >= 4 is 46.1 Å². The molecule has 3 aromatic rings. The van der Waals surface area contributed by atoms with Crippen LogP contribution in [0.15, 0.2) is 46.9 Å². The van der Waals surface area contributed by atoms with Gasteiger partial charge in [0.2, 0.25) is 0 Å². The Kier molecular flexibility index (Phi) is 5.06. The molecule has 0 unspecified atom stereocenters. The number of anilines is 1. The smallest absolute Gasteiger partial charge is 0.303 e. The molecule has 3 amide bonds. The van der Waals surface area contributed by atoms with Crippen molar-refractivity contribution in [3.8, 4) is 0 Å². The van der Waals surface area contributed by atoms with Crippen molar-refractivity contribution in [3.05, 3.63) is 64.9 Å². The molecule has 7 heteroatoms. The van der Waals surface area contributed by atoms with Crippen molar-refractivity contribution in [2.45, 2.75) is 43.1 Å². The van der Waals surface area contributed by atoms with Gasteiger partial charge in [-0.15, -0.1) is 0 Å². The van der Waals surface area contributed by atoms with Gasteiger partial charge in [0.15, 0.2) is 5.76 Å². The van der Waals surface area contributed by atoms with E-state index >= 15 is 0 Å². The largest absolute Gasteiger partial charge is 0.451 e. The Morgan fingerprint density at radius 2 is 1.81 bits per heavy atom. The molecule has 1 aliphatic carbocycles. The highest BCUT2D eigenvalue weighted by Crippen LogP contribution is 2.36. The highest BCUT2D eigenvalue weighted by atomic mass is 32.2. The molecule has 0 atom stereocenters. The number of furan rings is 1. The molecule has 2 N–H and O–H groups in total. The molecule has 2 aromatic carbocycles. The Morgan fingerprint density at radius 1 is 1.03 bits per heavy atom. The van der Waals surface area contributed by atoms with E-state index in [9.17, 15) is 14.4 Å². The lowest BCUT2D eigenvalue weighted by molar-refractivity contribution is 0.0551. The molecule has 1 aliphatic heterocycles. The summed E-state index contributed by atoms with van der Waals surface area (Å²) < 4.78 is 5.90. The Balaban J connectivity index is 1.51. The molecule has 1 fully saturated rings. The second kappa shape index (κ2) is 7.89. The Labute approximate surface area is 183 Å². The number of hydrogen-bond acceptors (Lipinski definition) is 6. The highest BCUT2D eigenvalue weighted by Gasteiger charge is 2.43. The lowest BCUT2D eigenvalue weighted by Crippen LogP contribution is -2.36. The van der Waals surface area contributed by atoms with E-state index in [0.29, 0.717) is 21.5 Å². The van der Waals surface area contributed by atoms with Crippen molar-refractivity contribution < 1.29 is 18.8 Å². The molecule has 6 nitrogen and oxygen atoms in total. The first-order valence-corrected chi connectivity index (χ1v) is 11.5. The van der Waals surface area contributed by atoms with Crippen LogP contribution in [0, 0.1) is 0 Å². The second-order valence-electron chi connectivity index (χ2n) is 8.00. The Morgan fingerprint density at radius 3 is 2.58 bits per heavy atom. The van der Waals surface area contributed by atoms with E-state index in [4.69, 9.17) is 10.2 Å². The number of fused-ring (bicyclic) bond motifs is 2. The average Bonchev–Trinajstić information content (AvgIpc) is 3.28. The van der Waals surface area contributed by atoms with Gasteiger partial charge in [-0.25, -0.2) is 4.90 Å². The predicted octanol–water partition coefficient (Wildman–Crippen LogP) is 5.02. The number of thioether (sulfide) groups is 1. The average molecular weight is 435 g/mol. The summed E-state index contributed by atoms with van der Waals surface area (Å²) >= 11 is 1.81. The zero-order valence-corrected chi connectivity index (χ0v) is 17.7. The predicted molar refractivity (Wildman–Crippen MR) is 120 cm³/mol. The number of carbonyl (C=O) groups excluding carboxylic acids is 3. The molecule has 0 bridgehead atoms. The van der Waals surface area contributed by atoms with Crippen molar-refractivity contribution in [1.82, 2.24) is 4.90 Å². The number of nitrogens with two attached hydrogens (primary N) is 1. The summed E-state index contributed by atoms with van der Waals surface area (Å²) in [6, 6.07) is 12.1. The molecular weight excluding hydrogens is 412 g/mol. The fourth-order valence-electron chi connectivity index (χ4n) is 4.45. The van der Waals surface area contributed by atoms with Crippen molar-refractivity contribution in [2.24, 2.45) is 0 Å². The van der Waals surface area contributed by atoms with Gasteiger partial charge in [-0.2, -0.15) is 11.8 Å². The maximum absolute atomic E-state index is 13.4. The summed E-state index contributed by atoms with van der Waals surface area (Å²) in [6.45, 7) is 0. The number of para-hydroxylation sites is 1. The minimum atomic E-state index is -0.735. The van der Waals surface area contributed by atoms with Crippen LogP contribution in [0.2, 0.25) is 0 Å². The summed E-state index contributed by atoms with van der Waals surface area (Å²) in [7, 11) is 0. The van der Waals surface area contributed by atoms with Crippen LogP contribution in [0.1, 0.15) is 68.9 Å². The Bertz CT molecular complexity index is 1210. The minimum absolute atomic E-state index is 0.0533. The number of amides is 3. The zero-order valence-electron chi connectivity index (χ0n) is 16.9. The fraction of sp³-hybridized carbons (Fsp3) is 0.292. The normalized spacial score (nSPS) is 16.8. The topological polar surface area (TPSA) is 93.6 Å². The van der Waals surface area contributed by atoms with E-state index in [-0.39, 0.29) is 22.6 Å². The van der Waals surface area contributed by atoms with Crippen LogP contribution in [0.3, 0.4) is 0 Å². The molecule has 0 spiro atoms. The van der Waals surface area contributed by atoms with Gasteiger partial charge in [0.05, 0.1) is 11.1 Å². The van der Waals surface area contributed by atoms with Crippen LogP contribution < -0.4 is 5.73 Å². The van der Waals surface area contributed by atoms with Crippen molar-refractivity contribution in [2.75, 3.05) is 5.73 Å². The molecule has 2 heterocycles. The highest BCUT2D eigenvalue weighted by molar-refractivity contribution is 7.99. The van der Waals surface area contributed by atoms with Gasteiger partial charge >= 0.3 is 5.91 Å². The fourth-order valence-corrected chi connectivity index (χ4v) is 5.80. The number of rotatable bonds is 4. The lowest BCUT2D eigenvalue weighted by atomic mass is 10.0. The minimum Gasteiger partial charge on any atom is -0.451 e. The first-order chi connectivity index (χ1) is 15.1. The zero-order chi connectivity index (χ0) is 21.5. The first-order valence-electron chi connectivity index (χ1n) is 10.5. The van der Waals surface area contributed by atoms with Gasteiger partial charge in [0.1, 0.15) is 5.58 Å². The maximum atomic E-state index is 13.4. The summed E-state index contributed by atoms with van der Waals surface area (Å²) in [5.41, 5.74) is 7.63. The van der Waals surface area contributed by atoms with E-state index < -0.39 is 17.7 Å². The van der Waals surface area contributed by atoms with Crippen LogP contribution in [0.25, 0.3) is 11.0 Å². The Hall–Kier alpha value is -3.06. The summed E-state index contributed by atoms with van der Waals surface area (Å²) in [4.78, 5) is 39.9. The van der Waals surface area contributed by atoms with E-state index in [2.05, 4.69) is 0 Å². The third-order valence-electron chi connectivity index (χ3n) is 6.06. The standard InChI is InChI=1S/C24H22N2O4S/c25-18-11-6-10-16-20(18)23(28)26(22(16)27)24(29)21-17(13-31-14-7-2-1-3-8-14)15-9-4-5-12-19(15)30-21/h4-6,9-12,14H,1-3,7-8,13,25H2. The third kappa shape index (κ3) is 3.33. The second-order valence-corrected chi connectivity index (χ2v) is 9.29. The molecule has 31 heavy (non-hydrogen) atoms. The maximum Gasteiger partial charge on any atom is 0.303 e. The number of nitrogens with zero attached hydrogens (tertiary/aromatic N) is 1. The summed E-state index contributed by atoms with van der Waals surface area (Å²) in [6.07, 6.45) is 6.07. The van der Waals surface area contributed by atoms with Crippen molar-refractivity contribution in [1.29, 1.82) is 0 Å². The molecule has 1 saturated carbocycles. The molecule has 2 aliphatic rings. The van der Waals surface area contributed by atoms with Crippen LogP contribution in [0.4, 0.5) is 5.69 Å². The lowest BCUT2D eigenvalue weighted by Gasteiger charge is -2.21. The van der Waals surface area contributed by atoms with Gasteiger partial charge < -0.3 is 10.2 Å². The van der Waals surface area contributed by atoms with Gasteiger partial charge in [0, 0.05) is 27.6 Å². The number of carbonyl (C=O) groups is 3. The molecule has 5 rings (SSSR count). The van der Waals surface area contributed by atoms with Crippen LogP contribution >= 0.6 is 11.8 Å². The number of benzene rings is 2. The first kappa shape index (κ1) is 19.9. The van der Waals surface area contributed by atoms with Gasteiger partial charge in [-0.05, 0) is 31.0 Å². The van der Waals surface area contributed by atoms with Crippen LogP contribution in [-0.2, 0) is 5.75 Å². The van der Waals surface area contributed by atoms with E-state index in [1.807, 2.05) is 30.0 Å². The van der Waals surface area contributed by atoms with Crippen molar-refractivity contribution in [3.63, 3.8) is 0 Å². The quantitative estimate of drug-likeness (QED) is 0.458. The molecule has 158 valence electrons. The van der Waals surface area contributed by atoms with Gasteiger partial charge in [-0.1, -0.05) is 43.5 Å². The van der Waals surface area contributed by atoms with E-state index in [1.54, 1.807) is 18.2 Å². The van der Waals surface area contributed by atoms with Gasteiger partial charge in [-0.3, -0.25) is 14.4 Å². The SMILES string of the molecule is Nc1cccc2c1C(=O)N(C(=O)c1oc3ccccc3c1CSC1CCCCC1)C2=O.